The van der Waals surface area contributed by atoms with Crippen molar-refractivity contribution in [1.82, 2.24) is 0 Å². The van der Waals surface area contributed by atoms with Crippen LogP contribution in [0.1, 0.15) is 10.4 Å². The minimum absolute atomic E-state index is 0.0953. The van der Waals surface area contributed by atoms with Gasteiger partial charge in [0.05, 0.1) is 15.7 Å². The standard InChI is InChI=1S/C13H8Cl2FNOS/c14-8-2-1-3-9(15)12(8)17-13(18)7-4-5-10(16)11(19)6-7/h1-6,19H,(H,17,18). The van der Waals surface area contributed by atoms with Gasteiger partial charge >= 0.3 is 0 Å². The first kappa shape index (κ1) is 14.2. The van der Waals surface area contributed by atoms with Crippen LogP contribution in [0.5, 0.6) is 0 Å². The van der Waals surface area contributed by atoms with E-state index in [1.165, 1.54) is 18.2 Å². The molecule has 0 spiro atoms. The average molecular weight is 316 g/mol. The number of hydrogen-bond donors (Lipinski definition) is 2. The predicted molar refractivity (Wildman–Crippen MR) is 78.1 cm³/mol. The van der Waals surface area contributed by atoms with Gasteiger partial charge in [-0.3, -0.25) is 4.79 Å². The van der Waals surface area contributed by atoms with Gasteiger partial charge in [-0.05, 0) is 30.3 Å². The van der Waals surface area contributed by atoms with Crippen molar-refractivity contribution < 1.29 is 9.18 Å². The van der Waals surface area contributed by atoms with Crippen molar-refractivity contribution in [2.75, 3.05) is 5.32 Å². The second kappa shape index (κ2) is 5.82. The van der Waals surface area contributed by atoms with E-state index in [0.717, 1.165) is 0 Å². The van der Waals surface area contributed by atoms with Crippen LogP contribution in [0.25, 0.3) is 0 Å². The maximum atomic E-state index is 13.1. The van der Waals surface area contributed by atoms with E-state index in [1.54, 1.807) is 18.2 Å². The molecule has 0 fully saturated rings. The fraction of sp³-hybridized carbons (Fsp3) is 0. The molecule has 6 heteroatoms. The van der Waals surface area contributed by atoms with E-state index in [0.29, 0.717) is 15.7 Å². The Morgan fingerprint density at radius 3 is 2.37 bits per heavy atom. The average Bonchev–Trinajstić information content (AvgIpc) is 2.37. The van der Waals surface area contributed by atoms with Gasteiger partial charge in [0.1, 0.15) is 5.82 Å². The van der Waals surface area contributed by atoms with Crippen molar-refractivity contribution in [3.63, 3.8) is 0 Å². The molecule has 0 unspecified atom stereocenters. The zero-order valence-electron chi connectivity index (χ0n) is 9.45. The second-order valence-corrected chi connectivity index (χ2v) is 5.01. The Kier molecular flexibility index (Phi) is 4.34. The van der Waals surface area contributed by atoms with E-state index in [4.69, 9.17) is 23.2 Å². The zero-order chi connectivity index (χ0) is 14.0. The number of anilines is 1. The molecule has 0 heterocycles. The molecule has 0 aromatic heterocycles. The molecule has 2 aromatic carbocycles. The lowest BCUT2D eigenvalue weighted by molar-refractivity contribution is 0.102. The lowest BCUT2D eigenvalue weighted by atomic mass is 10.2. The van der Waals surface area contributed by atoms with E-state index in [9.17, 15) is 9.18 Å². The first-order valence-electron chi connectivity index (χ1n) is 5.23. The number of benzene rings is 2. The summed E-state index contributed by atoms with van der Waals surface area (Å²) in [6.45, 7) is 0. The van der Waals surface area contributed by atoms with Crippen molar-refractivity contribution in [3.05, 3.63) is 57.8 Å². The number of carbonyl (C=O) groups is 1. The summed E-state index contributed by atoms with van der Waals surface area (Å²) in [5.74, 6) is -0.930. The smallest absolute Gasteiger partial charge is 0.255 e. The third kappa shape index (κ3) is 3.21. The van der Waals surface area contributed by atoms with E-state index in [1.807, 2.05) is 0 Å². The second-order valence-electron chi connectivity index (χ2n) is 3.72. The summed E-state index contributed by atoms with van der Waals surface area (Å²) in [6, 6.07) is 8.75. The summed E-state index contributed by atoms with van der Waals surface area (Å²) >= 11 is 15.8. The molecule has 0 saturated heterocycles. The monoisotopic (exact) mass is 315 g/mol. The van der Waals surface area contributed by atoms with Gasteiger partial charge in [-0.1, -0.05) is 29.3 Å². The highest BCUT2D eigenvalue weighted by Crippen LogP contribution is 2.30. The van der Waals surface area contributed by atoms with Crippen LogP contribution in [0.2, 0.25) is 10.0 Å². The van der Waals surface area contributed by atoms with Gasteiger partial charge in [0.2, 0.25) is 0 Å². The summed E-state index contributed by atoms with van der Waals surface area (Å²) in [6.07, 6.45) is 0. The number of para-hydroxylation sites is 1. The fourth-order valence-electron chi connectivity index (χ4n) is 1.46. The molecule has 1 amide bonds. The predicted octanol–water partition coefficient (Wildman–Crippen LogP) is 4.67. The van der Waals surface area contributed by atoms with Crippen LogP contribution < -0.4 is 5.32 Å². The number of nitrogens with one attached hydrogen (secondary N) is 1. The van der Waals surface area contributed by atoms with Crippen LogP contribution in [0.15, 0.2) is 41.3 Å². The van der Waals surface area contributed by atoms with Crippen molar-refractivity contribution in [2.45, 2.75) is 4.90 Å². The Labute approximate surface area is 124 Å². The minimum Gasteiger partial charge on any atom is -0.319 e. The number of hydrogen-bond acceptors (Lipinski definition) is 2. The molecule has 0 atom stereocenters. The Morgan fingerprint density at radius 1 is 1.16 bits per heavy atom. The molecule has 2 rings (SSSR count). The molecule has 0 bridgehead atoms. The molecule has 98 valence electrons. The van der Waals surface area contributed by atoms with Crippen LogP contribution in [0.4, 0.5) is 10.1 Å². The Bertz CT molecular complexity index is 628. The number of carbonyl (C=O) groups excluding carboxylic acids is 1. The molecular weight excluding hydrogens is 308 g/mol. The molecule has 0 aliphatic carbocycles. The molecular formula is C13H8Cl2FNOS. The Balaban J connectivity index is 2.28. The third-order valence-electron chi connectivity index (χ3n) is 2.41. The van der Waals surface area contributed by atoms with E-state index in [2.05, 4.69) is 17.9 Å². The fourth-order valence-corrected chi connectivity index (χ4v) is 2.16. The van der Waals surface area contributed by atoms with Gasteiger partial charge in [-0.25, -0.2) is 4.39 Å². The summed E-state index contributed by atoms with van der Waals surface area (Å²) in [4.78, 5) is 12.1. The maximum absolute atomic E-state index is 13.1. The molecule has 2 nitrogen and oxygen atoms in total. The van der Waals surface area contributed by atoms with Gasteiger partial charge in [0.25, 0.3) is 5.91 Å². The molecule has 19 heavy (non-hydrogen) atoms. The van der Waals surface area contributed by atoms with E-state index >= 15 is 0 Å². The minimum atomic E-state index is -0.490. The Hall–Kier alpha value is -1.23. The first-order valence-corrected chi connectivity index (χ1v) is 6.43. The van der Waals surface area contributed by atoms with Crippen LogP contribution in [-0.2, 0) is 0 Å². The number of thiol groups is 1. The van der Waals surface area contributed by atoms with Gasteiger partial charge in [-0.15, -0.1) is 12.6 Å². The quantitative estimate of drug-likeness (QED) is 0.774. The highest BCUT2D eigenvalue weighted by Gasteiger charge is 2.12. The normalized spacial score (nSPS) is 10.3. The van der Waals surface area contributed by atoms with Gasteiger partial charge in [0, 0.05) is 10.5 Å². The molecule has 0 aliphatic rings. The summed E-state index contributed by atoms with van der Waals surface area (Å²) < 4.78 is 13.1. The summed E-state index contributed by atoms with van der Waals surface area (Å²) in [7, 11) is 0. The SMILES string of the molecule is O=C(Nc1c(Cl)cccc1Cl)c1ccc(F)c(S)c1. The molecule has 0 saturated carbocycles. The van der Waals surface area contributed by atoms with Crippen LogP contribution >= 0.6 is 35.8 Å². The van der Waals surface area contributed by atoms with Crippen LogP contribution in [-0.4, -0.2) is 5.91 Å². The molecule has 1 N–H and O–H groups in total. The van der Waals surface area contributed by atoms with Crippen LogP contribution in [0, 0.1) is 5.82 Å². The number of halogens is 3. The third-order valence-corrected chi connectivity index (χ3v) is 3.38. The Morgan fingerprint density at radius 2 is 1.79 bits per heavy atom. The lowest BCUT2D eigenvalue weighted by Crippen LogP contribution is -2.12. The zero-order valence-corrected chi connectivity index (χ0v) is 11.9. The highest BCUT2D eigenvalue weighted by molar-refractivity contribution is 7.80. The van der Waals surface area contributed by atoms with Crippen molar-refractivity contribution >= 4 is 47.4 Å². The maximum Gasteiger partial charge on any atom is 0.255 e. The largest absolute Gasteiger partial charge is 0.319 e. The van der Waals surface area contributed by atoms with Gasteiger partial charge in [0.15, 0.2) is 0 Å². The van der Waals surface area contributed by atoms with Gasteiger partial charge < -0.3 is 5.32 Å². The van der Waals surface area contributed by atoms with E-state index in [-0.39, 0.29) is 10.5 Å². The first-order chi connectivity index (χ1) is 8.99. The highest BCUT2D eigenvalue weighted by atomic mass is 35.5. The summed E-state index contributed by atoms with van der Waals surface area (Å²) in [5, 5.41) is 3.24. The number of amides is 1. The summed E-state index contributed by atoms with van der Waals surface area (Å²) in [5.41, 5.74) is 0.586. The lowest BCUT2D eigenvalue weighted by Gasteiger charge is -2.09. The molecule has 0 radical (unpaired) electrons. The van der Waals surface area contributed by atoms with Crippen LogP contribution in [0.3, 0.4) is 0 Å². The van der Waals surface area contributed by atoms with Gasteiger partial charge in [-0.2, -0.15) is 0 Å². The topological polar surface area (TPSA) is 29.1 Å². The molecule has 0 aliphatic heterocycles. The van der Waals surface area contributed by atoms with Crippen molar-refractivity contribution in [2.24, 2.45) is 0 Å². The molecule has 2 aromatic rings. The van der Waals surface area contributed by atoms with Crippen molar-refractivity contribution in [3.8, 4) is 0 Å². The van der Waals surface area contributed by atoms with E-state index < -0.39 is 11.7 Å². The van der Waals surface area contributed by atoms with Crippen molar-refractivity contribution in [1.29, 1.82) is 0 Å². The number of rotatable bonds is 2.